The molecule has 158 valence electrons. The lowest BCUT2D eigenvalue weighted by Gasteiger charge is -2.08. The first-order valence-corrected chi connectivity index (χ1v) is 10.1. The summed E-state index contributed by atoms with van der Waals surface area (Å²) in [5, 5.41) is 7.72. The molecule has 0 saturated carbocycles. The number of hydrogen-bond acceptors (Lipinski definition) is 6. The largest absolute Gasteiger partial charge is 0.355 e. The maximum atomic E-state index is 12.9. The first-order chi connectivity index (χ1) is 15.5. The van der Waals surface area contributed by atoms with Gasteiger partial charge in [0, 0.05) is 16.8 Å². The van der Waals surface area contributed by atoms with Gasteiger partial charge in [0.25, 0.3) is 5.91 Å². The van der Waals surface area contributed by atoms with Gasteiger partial charge in [-0.05, 0) is 39.0 Å². The third kappa shape index (κ3) is 3.41. The lowest BCUT2D eigenvalue weighted by atomic mass is 10.1. The molecule has 8 heteroatoms. The van der Waals surface area contributed by atoms with Crippen LogP contribution in [0.4, 0.5) is 5.69 Å². The van der Waals surface area contributed by atoms with Gasteiger partial charge >= 0.3 is 0 Å². The number of aryl methyl sites for hydroxylation is 2. The van der Waals surface area contributed by atoms with Gasteiger partial charge in [-0.25, -0.2) is 15.0 Å². The Balaban J connectivity index is 1.40. The summed E-state index contributed by atoms with van der Waals surface area (Å²) in [5.74, 6) is 1.68. The van der Waals surface area contributed by atoms with Crippen molar-refractivity contribution in [1.29, 1.82) is 0 Å². The average Bonchev–Trinajstić information content (AvgIpc) is 3.34. The molecule has 0 aliphatic heterocycles. The number of benzene rings is 2. The minimum atomic E-state index is -0.269. The van der Waals surface area contributed by atoms with E-state index in [1.165, 1.54) is 0 Å². The van der Waals surface area contributed by atoms with Crippen LogP contribution in [0, 0.1) is 20.8 Å². The van der Waals surface area contributed by atoms with Crippen LogP contribution in [0.5, 0.6) is 0 Å². The molecule has 2 aromatic carbocycles. The number of nitrogens with zero attached hydrogens (tertiary/aromatic N) is 5. The monoisotopic (exact) mass is 424 g/mol. The molecule has 5 rings (SSSR count). The summed E-state index contributed by atoms with van der Waals surface area (Å²) < 4.78 is 7.40. The minimum Gasteiger partial charge on any atom is -0.355 e. The van der Waals surface area contributed by atoms with Crippen molar-refractivity contribution in [3.8, 4) is 17.3 Å². The number of hydrogen-bond donors (Lipinski definition) is 1. The number of rotatable bonds is 4. The van der Waals surface area contributed by atoms with E-state index in [1.807, 2.05) is 55.7 Å². The van der Waals surface area contributed by atoms with Crippen LogP contribution >= 0.6 is 0 Å². The molecular formula is C24H20N6O2. The second-order valence-electron chi connectivity index (χ2n) is 7.50. The summed E-state index contributed by atoms with van der Waals surface area (Å²) in [4.78, 5) is 26.1. The van der Waals surface area contributed by atoms with E-state index in [0.29, 0.717) is 28.5 Å². The maximum absolute atomic E-state index is 12.9. The highest BCUT2D eigenvalue weighted by atomic mass is 16.5. The number of carbonyl (C=O) groups is 1. The van der Waals surface area contributed by atoms with Gasteiger partial charge in [0.05, 0.1) is 29.2 Å². The Hall–Kier alpha value is -4.33. The lowest BCUT2D eigenvalue weighted by Crippen LogP contribution is -2.13. The Morgan fingerprint density at radius 1 is 1.00 bits per heavy atom. The van der Waals surface area contributed by atoms with Gasteiger partial charge in [-0.1, -0.05) is 35.5 Å². The molecule has 0 unspecified atom stereocenters. The Labute approximate surface area is 183 Å². The second-order valence-corrected chi connectivity index (χ2v) is 7.50. The summed E-state index contributed by atoms with van der Waals surface area (Å²) >= 11 is 0. The molecule has 0 aliphatic rings. The number of imidazole rings is 1. The second kappa shape index (κ2) is 7.73. The number of fused-ring (bicyclic) bond motifs is 1. The molecular weight excluding hydrogens is 404 g/mol. The third-order valence-corrected chi connectivity index (χ3v) is 5.38. The lowest BCUT2D eigenvalue weighted by molar-refractivity contribution is 0.102. The van der Waals surface area contributed by atoms with Gasteiger partial charge in [-0.2, -0.15) is 0 Å². The summed E-state index contributed by atoms with van der Waals surface area (Å²) in [6, 6.07) is 14.9. The predicted octanol–water partition coefficient (Wildman–Crippen LogP) is 4.65. The fraction of sp³-hybridized carbons (Fsp3) is 0.125. The Morgan fingerprint density at radius 2 is 1.75 bits per heavy atom. The van der Waals surface area contributed by atoms with Crippen LogP contribution in [0.25, 0.3) is 28.2 Å². The standard InChI is InChI=1S/C24H20N6O2/c1-14-15(2)30(16(3)27-14)24-25-12-19(13-26-24)28-23(31)18-9-10-21-20(11-18)22(32-29-21)17-7-5-4-6-8-17/h4-13H,1-3H3,(H,28,31). The van der Waals surface area contributed by atoms with Crippen LogP contribution in [0.2, 0.25) is 0 Å². The maximum Gasteiger partial charge on any atom is 0.255 e. The van der Waals surface area contributed by atoms with Crippen LogP contribution in [0.15, 0.2) is 65.4 Å². The Morgan fingerprint density at radius 3 is 2.44 bits per heavy atom. The molecule has 0 fully saturated rings. The number of carbonyl (C=O) groups excluding carboxylic acids is 1. The first kappa shape index (κ1) is 19.6. The molecule has 0 bridgehead atoms. The summed E-state index contributed by atoms with van der Waals surface area (Å²) in [7, 11) is 0. The Bertz CT molecular complexity index is 1440. The molecule has 0 atom stereocenters. The van der Waals surface area contributed by atoms with E-state index in [9.17, 15) is 4.79 Å². The van der Waals surface area contributed by atoms with Crippen molar-refractivity contribution in [2.24, 2.45) is 0 Å². The van der Waals surface area contributed by atoms with Gasteiger partial charge in [0.15, 0.2) is 5.76 Å². The van der Waals surface area contributed by atoms with E-state index in [1.54, 1.807) is 30.6 Å². The van der Waals surface area contributed by atoms with Crippen LogP contribution in [-0.4, -0.2) is 30.6 Å². The highest BCUT2D eigenvalue weighted by Gasteiger charge is 2.15. The van der Waals surface area contributed by atoms with E-state index < -0.39 is 0 Å². The van der Waals surface area contributed by atoms with Crippen LogP contribution in [0.3, 0.4) is 0 Å². The molecule has 0 radical (unpaired) electrons. The van der Waals surface area contributed by atoms with E-state index in [0.717, 1.165) is 28.2 Å². The van der Waals surface area contributed by atoms with Crippen LogP contribution < -0.4 is 5.32 Å². The zero-order valence-electron chi connectivity index (χ0n) is 17.8. The van der Waals surface area contributed by atoms with Crippen molar-refractivity contribution >= 4 is 22.5 Å². The van der Waals surface area contributed by atoms with Crippen molar-refractivity contribution in [2.75, 3.05) is 5.32 Å². The SMILES string of the molecule is Cc1nc(C)n(-c2ncc(NC(=O)c3ccc4noc(-c5ccccc5)c4c3)cn2)c1C. The molecule has 0 aliphatic carbocycles. The first-order valence-electron chi connectivity index (χ1n) is 10.1. The number of aromatic nitrogens is 5. The smallest absolute Gasteiger partial charge is 0.255 e. The normalized spacial score (nSPS) is 11.1. The number of amides is 1. The predicted molar refractivity (Wildman–Crippen MR) is 121 cm³/mol. The third-order valence-electron chi connectivity index (χ3n) is 5.38. The molecule has 1 N–H and O–H groups in total. The topological polar surface area (TPSA) is 98.7 Å². The van der Waals surface area contributed by atoms with Crippen molar-refractivity contribution in [2.45, 2.75) is 20.8 Å². The molecule has 32 heavy (non-hydrogen) atoms. The highest BCUT2D eigenvalue weighted by molar-refractivity contribution is 6.07. The van der Waals surface area contributed by atoms with Gasteiger partial charge in [-0.3, -0.25) is 9.36 Å². The zero-order valence-corrected chi connectivity index (χ0v) is 17.8. The molecule has 1 amide bonds. The fourth-order valence-electron chi connectivity index (χ4n) is 3.66. The molecule has 3 aromatic heterocycles. The quantitative estimate of drug-likeness (QED) is 0.451. The van der Waals surface area contributed by atoms with Gasteiger partial charge < -0.3 is 9.84 Å². The van der Waals surface area contributed by atoms with Gasteiger partial charge in [-0.15, -0.1) is 0 Å². The minimum absolute atomic E-state index is 0.269. The van der Waals surface area contributed by atoms with Crippen molar-refractivity contribution < 1.29 is 9.32 Å². The molecule has 8 nitrogen and oxygen atoms in total. The summed E-state index contributed by atoms with van der Waals surface area (Å²) in [6.45, 7) is 5.82. The van der Waals surface area contributed by atoms with Crippen LogP contribution in [-0.2, 0) is 0 Å². The van der Waals surface area contributed by atoms with E-state index in [4.69, 9.17) is 4.52 Å². The average molecular weight is 424 g/mol. The van der Waals surface area contributed by atoms with Crippen molar-refractivity contribution in [3.63, 3.8) is 0 Å². The van der Waals surface area contributed by atoms with E-state index in [-0.39, 0.29) is 5.91 Å². The van der Waals surface area contributed by atoms with Crippen molar-refractivity contribution in [1.82, 2.24) is 24.7 Å². The zero-order chi connectivity index (χ0) is 22.2. The van der Waals surface area contributed by atoms with Crippen molar-refractivity contribution in [3.05, 3.63) is 83.7 Å². The number of nitrogens with one attached hydrogen (secondary N) is 1. The summed E-state index contributed by atoms with van der Waals surface area (Å²) in [5.41, 5.74) is 4.49. The molecule has 0 spiro atoms. The molecule has 0 saturated heterocycles. The summed E-state index contributed by atoms with van der Waals surface area (Å²) in [6.07, 6.45) is 3.17. The molecule has 3 heterocycles. The fourth-order valence-corrected chi connectivity index (χ4v) is 3.66. The van der Waals surface area contributed by atoms with Gasteiger partial charge in [0.2, 0.25) is 5.95 Å². The molecule has 5 aromatic rings. The van der Waals surface area contributed by atoms with E-state index in [2.05, 4.69) is 25.4 Å². The number of anilines is 1. The highest BCUT2D eigenvalue weighted by Crippen LogP contribution is 2.29. The Kier molecular flexibility index (Phi) is 4.74. The van der Waals surface area contributed by atoms with E-state index >= 15 is 0 Å². The van der Waals surface area contributed by atoms with Crippen LogP contribution in [0.1, 0.15) is 27.6 Å². The van der Waals surface area contributed by atoms with Gasteiger partial charge in [0.1, 0.15) is 11.3 Å².